The predicted molar refractivity (Wildman–Crippen MR) is 78.0 cm³/mol. The van der Waals surface area contributed by atoms with Crippen LogP contribution in [-0.2, 0) is 14.4 Å². The Morgan fingerprint density at radius 3 is 2.45 bits per heavy atom. The molecular formula is C15H14BrNO3. The second kappa shape index (κ2) is 5.71. The van der Waals surface area contributed by atoms with Crippen LogP contribution in [0.3, 0.4) is 0 Å². The van der Waals surface area contributed by atoms with Gasteiger partial charge in [0.25, 0.3) is 5.91 Å². The summed E-state index contributed by atoms with van der Waals surface area (Å²) in [4.78, 5) is 37.2. The Hall–Kier alpha value is -1.75. The van der Waals surface area contributed by atoms with E-state index in [-0.39, 0.29) is 12.3 Å². The zero-order valence-corrected chi connectivity index (χ0v) is 12.6. The van der Waals surface area contributed by atoms with Crippen molar-refractivity contribution in [3.05, 3.63) is 47.0 Å². The molecule has 0 spiro atoms. The molecule has 0 radical (unpaired) electrons. The largest absolute Gasteiger partial charge is 0.324 e. The number of carbonyl (C=O) groups excluding carboxylic acids is 3. The Bertz CT molecular complexity index is 579. The zero-order chi connectivity index (χ0) is 14.9. The lowest BCUT2D eigenvalue weighted by atomic mass is 9.90. The molecule has 1 saturated heterocycles. The van der Waals surface area contributed by atoms with E-state index >= 15 is 0 Å². The van der Waals surface area contributed by atoms with E-state index in [1.165, 1.54) is 11.8 Å². The molecule has 0 aromatic heterocycles. The van der Waals surface area contributed by atoms with E-state index in [9.17, 15) is 14.4 Å². The third-order valence-corrected chi connectivity index (χ3v) is 3.91. The van der Waals surface area contributed by atoms with Crippen LogP contribution < -0.4 is 0 Å². The van der Waals surface area contributed by atoms with Crippen LogP contribution in [0.1, 0.15) is 18.5 Å². The maximum atomic E-state index is 12.0. The first kappa shape index (κ1) is 14.7. The van der Waals surface area contributed by atoms with Crippen LogP contribution in [0.15, 0.2) is 41.4 Å². The summed E-state index contributed by atoms with van der Waals surface area (Å²) in [5, 5.41) is 0. The maximum Gasteiger partial charge on any atom is 0.291 e. The minimum Gasteiger partial charge on any atom is -0.324 e. The Balaban J connectivity index is 2.49. The summed E-state index contributed by atoms with van der Waals surface area (Å²) in [5.41, 5.74) is 0.773. The summed E-state index contributed by atoms with van der Waals surface area (Å²) in [6.45, 7) is 5.19. The minimum absolute atomic E-state index is 0.245. The monoisotopic (exact) mass is 335 g/mol. The van der Waals surface area contributed by atoms with Gasteiger partial charge >= 0.3 is 0 Å². The molecule has 1 fully saturated rings. The van der Waals surface area contributed by atoms with Crippen LogP contribution in [0, 0.1) is 5.92 Å². The number of ketones is 2. The quantitative estimate of drug-likeness (QED) is 0.482. The number of hydrogen-bond acceptors (Lipinski definition) is 3. The van der Waals surface area contributed by atoms with E-state index < -0.39 is 23.7 Å². The van der Waals surface area contributed by atoms with Gasteiger partial charge in [0.05, 0.1) is 6.04 Å². The summed E-state index contributed by atoms with van der Waals surface area (Å²) in [5.74, 6) is -2.46. The molecule has 2 rings (SSSR count). The average Bonchev–Trinajstić information content (AvgIpc) is 2.65. The van der Waals surface area contributed by atoms with E-state index in [2.05, 4.69) is 22.5 Å². The van der Waals surface area contributed by atoms with Crippen LogP contribution in [0.25, 0.3) is 0 Å². The van der Waals surface area contributed by atoms with E-state index in [0.717, 1.165) is 10.0 Å². The third kappa shape index (κ3) is 2.45. The van der Waals surface area contributed by atoms with E-state index in [1.807, 2.05) is 24.3 Å². The van der Waals surface area contributed by atoms with Gasteiger partial charge in [0.2, 0.25) is 5.78 Å². The minimum atomic E-state index is -0.927. The van der Waals surface area contributed by atoms with E-state index in [1.54, 1.807) is 6.08 Å². The summed E-state index contributed by atoms with van der Waals surface area (Å²) in [7, 11) is 0. The molecule has 20 heavy (non-hydrogen) atoms. The van der Waals surface area contributed by atoms with E-state index in [4.69, 9.17) is 0 Å². The molecule has 2 atom stereocenters. The van der Waals surface area contributed by atoms with Gasteiger partial charge in [-0.1, -0.05) is 34.1 Å². The molecule has 1 heterocycles. The second-order valence-corrected chi connectivity index (χ2v) is 5.61. The number of benzene rings is 1. The molecule has 1 aliphatic rings. The molecule has 1 aliphatic heterocycles. The highest BCUT2D eigenvalue weighted by Gasteiger charge is 2.49. The normalized spacial score (nSPS) is 22.2. The molecule has 1 amide bonds. The third-order valence-electron chi connectivity index (χ3n) is 3.38. The smallest absolute Gasteiger partial charge is 0.291 e. The van der Waals surface area contributed by atoms with Gasteiger partial charge < -0.3 is 4.90 Å². The number of rotatable bonds is 4. The number of halogens is 1. The summed E-state index contributed by atoms with van der Waals surface area (Å²) in [6, 6.07) is 6.73. The summed E-state index contributed by atoms with van der Waals surface area (Å²) < 4.78 is 0.895. The van der Waals surface area contributed by atoms with Gasteiger partial charge in [-0.25, -0.2) is 0 Å². The van der Waals surface area contributed by atoms with Crippen LogP contribution >= 0.6 is 15.9 Å². The molecular weight excluding hydrogens is 322 g/mol. The fourth-order valence-corrected chi connectivity index (χ4v) is 2.76. The lowest BCUT2D eigenvalue weighted by Gasteiger charge is -2.25. The van der Waals surface area contributed by atoms with Crippen LogP contribution in [0.2, 0.25) is 0 Å². The van der Waals surface area contributed by atoms with Crippen LogP contribution in [0.5, 0.6) is 0 Å². The number of carbonyl (C=O) groups is 3. The van der Waals surface area contributed by atoms with Crippen molar-refractivity contribution in [1.82, 2.24) is 4.90 Å². The van der Waals surface area contributed by atoms with Gasteiger partial charge in [-0.3, -0.25) is 14.4 Å². The average molecular weight is 336 g/mol. The maximum absolute atomic E-state index is 12.0. The molecule has 0 N–H and O–H groups in total. The number of hydrogen-bond donors (Lipinski definition) is 0. The molecule has 0 bridgehead atoms. The summed E-state index contributed by atoms with van der Waals surface area (Å²) >= 11 is 3.34. The fourth-order valence-electron chi connectivity index (χ4n) is 2.50. The highest BCUT2D eigenvalue weighted by molar-refractivity contribution is 9.10. The molecule has 5 heteroatoms. The van der Waals surface area contributed by atoms with E-state index in [0.29, 0.717) is 0 Å². The van der Waals surface area contributed by atoms with Crippen LogP contribution in [-0.4, -0.2) is 28.9 Å². The van der Waals surface area contributed by atoms with Crippen molar-refractivity contribution >= 4 is 33.4 Å². The Morgan fingerprint density at radius 2 is 1.95 bits per heavy atom. The molecule has 104 valence electrons. The Kier molecular flexibility index (Phi) is 4.18. The first-order valence-electron chi connectivity index (χ1n) is 6.19. The number of nitrogens with zero attached hydrogens (tertiary/aromatic N) is 1. The topological polar surface area (TPSA) is 54.5 Å². The standard InChI is InChI=1S/C15H14BrNO3/c1-3-8-17-13(10-4-6-11(16)7-5-10)12(9(2)18)14(19)15(17)20/h3-7,12-13H,1,8H2,2H3. The number of likely N-dealkylation sites (tertiary alicyclic amines) is 1. The molecule has 1 aromatic rings. The fraction of sp³-hybridized carbons (Fsp3) is 0.267. The molecule has 0 saturated carbocycles. The Labute approximate surface area is 125 Å². The zero-order valence-electron chi connectivity index (χ0n) is 11.0. The van der Waals surface area contributed by atoms with Crippen molar-refractivity contribution in [1.29, 1.82) is 0 Å². The first-order chi connectivity index (χ1) is 9.47. The lowest BCUT2D eigenvalue weighted by Crippen LogP contribution is -2.30. The van der Waals surface area contributed by atoms with Crippen molar-refractivity contribution in [3.8, 4) is 0 Å². The Morgan fingerprint density at radius 1 is 1.35 bits per heavy atom. The second-order valence-electron chi connectivity index (χ2n) is 4.70. The van der Waals surface area contributed by atoms with Crippen molar-refractivity contribution in [2.75, 3.05) is 6.54 Å². The van der Waals surface area contributed by atoms with Gasteiger partial charge in [-0.2, -0.15) is 0 Å². The van der Waals surface area contributed by atoms with Gasteiger partial charge in [0.15, 0.2) is 0 Å². The highest BCUT2D eigenvalue weighted by atomic mass is 79.9. The van der Waals surface area contributed by atoms with Crippen molar-refractivity contribution in [3.63, 3.8) is 0 Å². The van der Waals surface area contributed by atoms with Crippen molar-refractivity contribution in [2.24, 2.45) is 5.92 Å². The molecule has 2 unspecified atom stereocenters. The highest BCUT2D eigenvalue weighted by Crippen LogP contribution is 2.36. The van der Waals surface area contributed by atoms with Crippen molar-refractivity contribution in [2.45, 2.75) is 13.0 Å². The van der Waals surface area contributed by atoms with Crippen molar-refractivity contribution < 1.29 is 14.4 Å². The first-order valence-corrected chi connectivity index (χ1v) is 6.98. The van der Waals surface area contributed by atoms with Gasteiger partial charge in [0.1, 0.15) is 11.7 Å². The predicted octanol–water partition coefficient (Wildman–Crippen LogP) is 2.29. The molecule has 0 aliphatic carbocycles. The summed E-state index contributed by atoms with van der Waals surface area (Å²) in [6.07, 6.45) is 1.56. The SMILES string of the molecule is C=CCN1C(=O)C(=O)C(C(C)=O)C1c1ccc(Br)cc1. The molecule has 4 nitrogen and oxygen atoms in total. The van der Waals surface area contributed by atoms with Crippen LogP contribution in [0.4, 0.5) is 0 Å². The van der Waals surface area contributed by atoms with Gasteiger partial charge in [-0.15, -0.1) is 6.58 Å². The number of amides is 1. The van der Waals surface area contributed by atoms with Gasteiger partial charge in [-0.05, 0) is 24.6 Å². The lowest BCUT2D eigenvalue weighted by molar-refractivity contribution is -0.141. The molecule has 1 aromatic carbocycles. The number of Topliss-reactive ketones (excluding diaryl/α,β-unsaturated/α-hetero) is 2. The van der Waals surface area contributed by atoms with Gasteiger partial charge in [0, 0.05) is 11.0 Å².